The van der Waals surface area contributed by atoms with Gasteiger partial charge in [-0.1, -0.05) is 6.07 Å². The Balaban J connectivity index is 2.96. The molecule has 0 saturated carbocycles. The largest absolute Gasteiger partial charge is 0.497 e. The highest BCUT2D eigenvalue weighted by Gasteiger charge is 2.02. The molecule has 0 atom stereocenters. The van der Waals surface area contributed by atoms with Gasteiger partial charge in [0.05, 0.1) is 7.11 Å². The zero-order valence-corrected chi connectivity index (χ0v) is 8.26. The number of rotatable bonds is 3. The van der Waals surface area contributed by atoms with Crippen molar-refractivity contribution in [2.45, 2.75) is 20.3 Å². The highest BCUT2D eigenvalue weighted by molar-refractivity contribution is 5.78. The van der Waals surface area contributed by atoms with Crippen molar-refractivity contribution >= 4 is 5.78 Å². The topological polar surface area (TPSA) is 26.3 Å². The molecule has 0 aromatic heterocycles. The van der Waals surface area contributed by atoms with Crippen molar-refractivity contribution in [3.05, 3.63) is 29.3 Å². The molecule has 13 heavy (non-hydrogen) atoms. The summed E-state index contributed by atoms with van der Waals surface area (Å²) in [5.41, 5.74) is 2.18. The second kappa shape index (κ2) is 4.08. The number of benzene rings is 1. The van der Waals surface area contributed by atoms with Crippen molar-refractivity contribution < 1.29 is 9.53 Å². The van der Waals surface area contributed by atoms with Crippen LogP contribution in [-0.4, -0.2) is 12.9 Å². The van der Waals surface area contributed by atoms with E-state index in [0.29, 0.717) is 6.42 Å². The van der Waals surface area contributed by atoms with E-state index in [0.717, 1.165) is 16.9 Å². The van der Waals surface area contributed by atoms with Gasteiger partial charge in [0.2, 0.25) is 0 Å². The van der Waals surface area contributed by atoms with Crippen molar-refractivity contribution in [2.75, 3.05) is 7.11 Å². The van der Waals surface area contributed by atoms with Crippen LogP contribution in [0.2, 0.25) is 0 Å². The SMILES string of the molecule is COc1ccc(C)c(CC(C)=O)c1. The molecule has 1 rings (SSSR count). The third kappa shape index (κ3) is 2.58. The molecule has 0 N–H and O–H groups in total. The summed E-state index contributed by atoms with van der Waals surface area (Å²) in [6.07, 6.45) is 0.489. The van der Waals surface area contributed by atoms with E-state index in [9.17, 15) is 4.79 Å². The van der Waals surface area contributed by atoms with Gasteiger partial charge in [-0.15, -0.1) is 0 Å². The smallest absolute Gasteiger partial charge is 0.134 e. The summed E-state index contributed by atoms with van der Waals surface area (Å²) in [4.78, 5) is 10.9. The molecule has 0 spiro atoms. The Bertz CT molecular complexity index is 316. The molecule has 2 heteroatoms. The van der Waals surface area contributed by atoms with Crippen LogP contribution in [0.5, 0.6) is 5.75 Å². The highest BCUT2D eigenvalue weighted by Crippen LogP contribution is 2.17. The molecule has 0 radical (unpaired) electrons. The fourth-order valence-corrected chi connectivity index (χ4v) is 1.23. The van der Waals surface area contributed by atoms with Crippen molar-refractivity contribution in [3.8, 4) is 5.75 Å². The molecule has 0 heterocycles. The van der Waals surface area contributed by atoms with Crippen LogP contribution in [0, 0.1) is 6.92 Å². The van der Waals surface area contributed by atoms with Gasteiger partial charge in [0.25, 0.3) is 0 Å². The summed E-state index contributed by atoms with van der Waals surface area (Å²) in [6, 6.07) is 5.78. The second-order valence-electron chi connectivity index (χ2n) is 3.17. The number of hydrogen-bond acceptors (Lipinski definition) is 2. The number of aryl methyl sites for hydroxylation is 1. The van der Waals surface area contributed by atoms with Gasteiger partial charge in [-0.3, -0.25) is 4.79 Å². The standard InChI is InChI=1S/C11H14O2/c1-8-4-5-11(13-3)7-10(8)6-9(2)12/h4-5,7H,6H2,1-3H3. The Kier molecular flexibility index (Phi) is 3.07. The van der Waals surface area contributed by atoms with E-state index in [1.165, 1.54) is 0 Å². The van der Waals surface area contributed by atoms with Gasteiger partial charge in [-0.2, -0.15) is 0 Å². The van der Waals surface area contributed by atoms with Crippen molar-refractivity contribution in [1.29, 1.82) is 0 Å². The van der Waals surface area contributed by atoms with Gasteiger partial charge in [0.1, 0.15) is 11.5 Å². The quantitative estimate of drug-likeness (QED) is 0.708. The lowest BCUT2D eigenvalue weighted by Gasteiger charge is -2.06. The first-order valence-electron chi connectivity index (χ1n) is 4.26. The van der Waals surface area contributed by atoms with Crippen LogP contribution in [0.3, 0.4) is 0 Å². The average molecular weight is 178 g/mol. The lowest BCUT2D eigenvalue weighted by molar-refractivity contribution is -0.116. The van der Waals surface area contributed by atoms with Crippen LogP contribution < -0.4 is 4.74 Å². The zero-order valence-electron chi connectivity index (χ0n) is 8.26. The van der Waals surface area contributed by atoms with Crippen molar-refractivity contribution in [1.82, 2.24) is 0 Å². The van der Waals surface area contributed by atoms with Gasteiger partial charge in [0.15, 0.2) is 0 Å². The van der Waals surface area contributed by atoms with E-state index >= 15 is 0 Å². The monoisotopic (exact) mass is 178 g/mol. The van der Waals surface area contributed by atoms with Crippen LogP contribution in [-0.2, 0) is 11.2 Å². The Labute approximate surface area is 78.5 Å². The first kappa shape index (κ1) is 9.78. The molecular weight excluding hydrogens is 164 g/mol. The van der Waals surface area contributed by atoms with Crippen molar-refractivity contribution in [3.63, 3.8) is 0 Å². The number of methoxy groups -OCH3 is 1. The lowest BCUT2D eigenvalue weighted by atomic mass is 10.0. The molecule has 0 amide bonds. The molecule has 0 unspecified atom stereocenters. The Morgan fingerprint density at radius 1 is 1.46 bits per heavy atom. The van der Waals surface area contributed by atoms with Crippen LogP contribution in [0.15, 0.2) is 18.2 Å². The van der Waals surface area contributed by atoms with E-state index in [2.05, 4.69) is 0 Å². The van der Waals surface area contributed by atoms with Crippen LogP contribution >= 0.6 is 0 Å². The molecule has 1 aromatic rings. The third-order valence-electron chi connectivity index (χ3n) is 2.00. The first-order chi connectivity index (χ1) is 6.13. The predicted octanol–water partition coefficient (Wildman–Crippen LogP) is 2.14. The molecule has 0 aliphatic rings. The Hall–Kier alpha value is -1.31. The lowest BCUT2D eigenvalue weighted by Crippen LogP contribution is -1.99. The number of carbonyl (C=O) groups is 1. The molecule has 0 aliphatic heterocycles. The molecule has 0 aliphatic carbocycles. The molecule has 0 saturated heterocycles. The number of ketones is 1. The summed E-state index contributed by atoms with van der Waals surface area (Å²) in [5, 5.41) is 0. The maximum Gasteiger partial charge on any atom is 0.134 e. The number of carbonyl (C=O) groups excluding carboxylic acids is 1. The normalized spacial score (nSPS) is 9.77. The Morgan fingerprint density at radius 2 is 2.15 bits per heavy atom. The minimum absolute atomic E-state index is 0.177. The average Bonchev–Trinajstić information content (AvgIpc) is 2.08. The molecule has 1 aromatic carbocycles. The molecule has 2 nitrogen and oxygen atoms in total. The maximum atomic E-state index is 10.9. The highest BCUT2D eigenvalue weighted by atomic mass is 16.5. The fraction of sp³-hybridized carbons (Fsp3) is 0.364. The number of ether oxygens (including phenoxy) is 1. The van der Waals surface area contributed by atoms with E-state index in [1.807, 2.05) is 25.1 Å². The van der Waals surface area contributed by atoms with Gasteiger partial charge < -0.3 is 4.74 Å². The van der Waals surface area contributed by atoms with Crippen LogP contribution in [0.25, 0.3) is 0 Å². The van der Waals surface area contributed by atoms with E-state index in [1.54, 1.807) is 14.0 Å². The van der Waals surface area contributed by atoms with Gasteiger partial charge in [0, 0.05) is 6.42 Å². The number of Topliss-reactive ketones (excluding diaryl/α,β-unsaturated/α-hetero) is 1. The van der Waals surface area contributed by atoms with E-state index in [-0.39, 0.29) is 5.78 Å². The van der Waals surface area contributed by atoms with Crippen LogP contribution in [0.4, 0.5) is 0 Å². The van der Waals surface area contributed by atoms with E-state index < -0.39 is 0 Å². The molecule has 70 valence electrons. The molecule has 0 fully saturated rings. The van der Waals surface area contributed by atoms with Crippen LogP contribution in [0.1, 0.15) is 18.1 Å². The predicted molar refractivity (Wildman–Crippen MR) is 52.1 cm³/mol. The summed E-state index contributed by atoms with van der Waals surface area (Å²) >= 11 is 0. The van der Waals surface area contributed by atoms with Gasteiger partial charge in [-0.05, 0) is 37.1 Å². The van der Waals surface area contributed by atoms with Gasteiger partial charge >= 0.3 is 0 Å². The summed E-state index contributed by atoms with van der Waals surface area (Å²) in [5.74, 6) is 0.984. The van der Waals surface area contributed by atoms with Crippen molar-refractivity contribution in [2.24, 2.45) is 0 Å². The Morgan fingerprint density at radius 3 is 2.69 bits per heavy atom. The summed E-state index contributed by atoms with van der Waals surface area (Å²) in [7, 11) is 1.63. The second-order valence-corrected chi connectivity index (χ2v) is 3.17. The first-order valence-corrected chi connectivity index (χ1v) is 4.26. The molecule has 0 bridgehead atoms. The third-order valence-corrected chi connectivity index (χ3v) is 2.00. The fourth-order valence-electron chi connectivity index (χ4n) is 1.23. The minimum Gasteiger partial charge on any atom is -0.497 e. The maximum absolute atomic E-state index is 10.9. The minimum atomic E-state index is 0.177. The summed E-state index contributed by atoms with van der Waals surface area (Å²) < 4.78 is 5.08. The molecular formula is C11H14O2. The van der Waals surface area contributed by atoms with Gasteiger partial charge in [-0.25, -0.2) is 0 Å². The summed E-state index contributed by atoms with van der Waals surface area (Å²) in [6.45, 7) is 3.59. The zero-order chi connectivity index (χ0) is 9.84. The van der Waals surface area contributed by atoms with E-state index in [4.69, 9.17) is 4.74 Å². The number of hydrogen-bond donors (Lipinski definition) is 0.